The Balaban J connectivity index is 2.32. The van der Waals surface area contributed by atoms with Crippen molar-refractivity contribution in [3.63, 3.8) is 0 Å². The summed E-state index contributed by atoms with van der Waals surface area (Å²) in [5.41, 5.74) is -1.54. The molecule has 5 nitrogen and oxygen atoms in total. The van der Waals surface area contributed by atoms with Crippen molar-refractivity contribution in [2.75, 3.05) is 6.61 Å². The van der Waals surface area contributed by atoms with E-state index in [0.717, 1.165) is 0 Å². The molecular weight excluding hydrogens is 266 g/mol. The Morgan fingerprint density at radius 2 is 2.11 bits per heavy atom. The Hall–Kier alpha value is -1.87. The van der Waals surface area contributed by atoms with E-state index in [2.05, 4.69) is 0 Å². The zero-order valence-corrected chi connectivity index (χ0v) is 11.2. The standard InChI is InChI=1S/C13H13NO4S/c1-2-18-12(15)13(9-14)8-11(13)19(16,17)10-6-4-3-5-7-10/h3-7,11H,2,8H2,1H3/t11-,13+/m0/s1. The fraction of sp³-hybridized carbons (Fsp3) is 0.385. The van der Waals surface area contributed by atoms with Crippen molar-refractivity contribution in [2.45, 2.75) is 23.5 Å². The number of carbonyl (C=O) groups is 1. The fourth-order valence-electron chi connectivity index (χ4n) is 2.02. The molecule has 1 aliphatic rings. The van der Waals surface area contributed by atoms with Crippen LogP contribution in [0.15, 0.2) is 35.2 Å². The summed E-state index contributed by atoms with van der Waals surface area (Å²) in [6.07, 6.45) is -0.000436. The number of hydrogen-bond acceptors (Lipinski definition) is 5. The lowest BCUT2D eigenvalue weighted by molar-refractivity contribution is -0.147. The van der Waals surface area contributed by atoms with E-state index < -0.39 is 26.5 Å². The van der Waals surface area contributed by atoms with E-state index in [0.29, 0.717) is 0 Å². The van der Waals surface area contributed by atoms with Gasteiger partial charge in [-0.25, -0.2) is 8.42 Å². The largest absolute Gasteiger partial charge is 0.465 e. The topological polar surface area (TPSA) is 84.2 Å². The lowest BCUT2D eigenvalue weighted by Gasteiger charge is -2.08. The summed E-state index contributed by atoms with van der Waals surface area (Å²) in [5.74, 6) is -0.748. The third kappa shape index (κ3) is 2.10. The number of ether oxygens (including phenoxy) is 1. The lowest BCUT2D eigenvalue weighted by atomic mass is 10.1. The monoisotopic (exact) mass is 279 g/mol. The van der Waals surface area contributed by atoms with Gasteiger partial charge in [-0.1, -0.05) is 18.2 Å². The summed E-state index contributed by atoms with van der Waals surface area (Å²) in [7, 11) is -3.67. The Morgan fingerprint density at radius 1 is 1.47 bits per heavy atom. The first-order valence-electron chi connectivity index (χ1n) is 5.86. The average molecular weight is 279 g/mol. The molecule has 1 fully saturated rings. The maximum Gasteiger partial charge on any atom is 0.327 e. The highest BCUT2D eigenvalue weighted by atomic mass is 32.2. The molecule has 0 N–H and O–H groups in total. The van der Waals surface area contributed by atoms with E-state index in [9.17, 15) is 13.2 Å². The van der Waals surface area contributed by atoms with Gasteiger partial charge in [-0.2, -0.15) is 5.26 Å². The first kappa shape index (κ1) is 13.6. The van der Waals surface area contributed by atoms with Gasteiger partial charge in [0, 0.05) is 0 Å². The molecule has 19 heavy (non-hydrogen) atoms. The number of rotatable bonds is 4. The van der Waals surface area contributed by atoms with Crippen molar-refractivity contribution in [3.05, 3.63) is 30.3 Å². The number of benzene rings is 1. The maximum absolute atomic E-state index is 12.3. The van der Waals surface area contributed by atoms with Gasteiger partial charge in [-0.15, -0.1) is 0 Å². The second-order valence-corrected chi connectivity index (χ2v) is 6.48. The molecule has 6 heteroatoms. The van der Waals surface area contributed by atoms with Crippen molar-refractivity contribution in [1.82, 2.24) is 0 Å². The van der Waals surface area contributed by atoms with Gasteiger partial charge in [0.15, 0.2) is 15.3 Å². The Labute approximate surface area is 111 Å². The Morgan fingerprint density at radius 3 is 2.63 bits per heavy atom. The minimum absolute atomic E-state index is 0.000436. The highest BCUT2D eigenvalue weighted by Gasteiger charge is 2.68. The summed E-state index contributed by atoms with van der Waals surface area (Å²) in [6.45, 7) is 1.74. The Kier molecular flexibility index (Phi) is 3.33. The number of nitriles is 1. The number of esters is 1. The summed E-state index contributed by atoms with van der Waals surface area (Å²) >= 11 is 0. The third-order valence-electron chi connectivity index (χ3n) is 3.18. The molecule has 1 aliphatic carbocycles. The van der Waals surface area contributed by atoms with Crippen LogP contribution < -0.4 is 0 Å². The molecule has 0 heterocycles. The van der Waals surface area contributed by atoms with Crippen LogP contribution in [-0.2, 0) is 19.4 Å². The van der Waals surface area contributed by atoms with Crippen LogP contribution in [0.2, 0.25) is 0 Å². The van der Waals surface area contributed by atoms with Crippen LogP contribution in [0.1, 0.15) is 13.3 Å². The van der Waals surface area contributed by atoms with E-state index in [1.165, 1.54) is 12.1 Å². The molecule has 1 aromatic carbocycles. The van der Waals surface area contributed by atoms with E-state index in [4.69, 9.17) is 10.00 Å². The molecule has 2 rings (SSSR count). The summed E-state index contributed by atoms with van der Waals surface area (Å²) in [5, 5.41) is 8.11. The number of hydrogen-bond donors (Lipinski definition) is 0. The average Bonchev–Trinajstić information content (AvgIpc) is 3.17. The van der Waals surface area contributed by atoms with E-state index in [1.54, 1.807) is 25.1 Å². The predicted molar refractivity (Wildman–Crippen MR) is 66.7 cm³/mol. The second-order valence-electron chi connectivity index (χ2n) is 4.35. The zero-order chi connectivity index (χ0) is 14.1. The van der Waals surface area contributed by atoms with Crippen LogP contribution >= 0.6 is 0 Å². The summed E-state index contributed by atoms with van der Waals surface area (Å²) in [4.78, 5) is 11.9. The van der Waals surface area contributed by atoms with E-state index >= 15 is 0 Å². The SMILES string of the molecule is CCOC(=O)[C@@]1(C#N)C[C@@H]1S(=O)(=O)c1ccccc1. The smallest absolute Gasteiger partial charge is 0.327 e. The van der Waals surface area contributed by atoms with Gasteiger partial charge in [-0.05, 0) is 25.5 Å². The van der Waals surface area contributed by atoms with Crippen molar-refractivity contribution in [2.24, 2.45) is 5.41 Å². The third-order valence-corrected chi connectivity index (χ3v) is 5.43. The van der Waals surface area contributed by atoms with Crippen molar-refractivity contribution < 1.29 is 17.9 Å². The molecule has 100 valence electrons. The number of nitrogens with zero attached hydrogens (tertiary/aromatic N) is 1. The molecule has 1 saturated carbocycles. The molecule has 0 radical (unpaired) electrons. The number of carbonyl (C=O) groups excluding carboxylic acids is 1. The van der Waals surface area contributed by atoms with Crippen molar-refractivity contribution in [3.8, 4) is 6.07 Å². The number of sulfone groups is 1. The van der Waals surface area contributed by atoms with Crippen LogP contribution in [0.3, 0.4) is 0 Å². The predicted octanol–water partition coefficient (Wildman–Crippen LogP) is 1.31. The quantitative estimate of drug-likeness (QED) is 0.776. The van der Waals surface area contributed by atoms with Crippen LogP contribution in [0.4, 0.5) is 0 Å². The zero-order valence-electron chi connectivity index (χ0n) is 10.4. The highest BCUT2D eigenvalue weighted by Crippen LogP contribution is 2.53. The van der Waals surface area contributed by atoms with Gasteiger partial charge in [0.05, 0.1) is 22.8 Å². The van der Waals surface area contributed by atoms with Gasteiger partial charge < -0.3 is 4.74 Å². The van der Waals surface area contributed by atoms with Crippen LogP contribution in [0.25, 0.3) is 0 Å². The van der Waals surface area contributed by atoms with Crippen LogP contribution in [-0.4, -0.2) is 26.2 Å². The van der Waals surface area contributed by atoms with E-state index in [1.807, 2.05) is 6.07 Å². The molecule has 1 aromatic rings. The van der Waals surface area contributed by atoms with Gasteiger partial charge in [0.2, 0.25) is 0 Å². The van der Waals surface area contributed by atoms with Gasteiger partial charge >= 0.3 is 5.97 Å². The van der Waals surface area contributed by atoms with Gasteiger partial charge in [-0.3, -0.25) is 4.79 Å². The first-order chi connectivity index (χ1) is 8.99. The normalized spacial score (nSPS) is 25.4. The Bertz CT molecular complexity index is 632. The molecule has 0 spiro atoms. The second kappa shape index (κ2) is 4.67. The fourth-order valence-corrected chi connectivity index (χ4v) is 4.05. The van der Waals surface area contributed by atoms with Gasteiger partial charge in [0.25, 0.3) is 0 Å². The minimum atomic E-state index is -3.67. The van der Waals surface area contributed by atoms with Crippen molar-refractivity contribution in [1.29, 1.82) is 5.26 Å². The summed E-state index contributed by atoms with van der Waals surface area (Å²) in [6, 6.07) is 9.64. The maximum atomic E-state index is 12.3. The molecule has 0 unspecified atom stereocenters. The molecule has 0 amide bonds. The minimum Gasteiger partial charge on any atom is -0.465 e. The molecule has 0 aliphatic heterocycles. The molecular formula is C13H13NO4S. The van der Waals surface area contributed by atoms with Gasteiger partial charge in [0.1, 0.15) is 0 Å². The lowest BCUT2D eigenvalue weighted by Crippen LogP contribution is -2.25. The molecule has 0 saturated heterocycles. The summed E-state index contributed by atoms with van der Waals surface area (Å²) < 4.78 is 29.4. The van der Waals surface area contributed by atoms with Crippen LogP contribution in [0, 0.1) is 16.7 Å². The molecule has 0 aromatic heterocycles. The van der Waals surface area contributed by atoms with Crippen LogP contribution in [0.5, 0.6) is 0 Å². The highest BCUT2D eigenvalue weighted by molar-refractivity contribution is 7.92. The van der Waals surface area contributed by atoms with Crippen molar-refractivity contribution >= 4 is 15.8 Å². The molecule has 2 atom stereocenters. The first-order valence-corrected chi connectivity index (χ1v) is 7.41. The van der Waals surface area contributed by atoms with E-state index in [-0.39, 0.29) is 17.9 Å². The molecule has 0 bridgehead atoms.